The third-order valence-corrected chi connectivity index (χ3v) is 5.04. The van der Waals surface area contributed by atoms with Gasteiger partial charge in [-0.1, -0.05) is 35.9 Å². The molecule has 0 aliphatic carbocycles. The van der Waals surface area contributed by atoms with Crippen molar-refractivity contribution in [2.75, 3.05) is 6.61 Å². The molecule has 0 unspecified atom stereocenters. The molecule has 0 saturated heterocycles. The van der Waals surface area contributed by atoms with Crippen molar-refractivity contribution in [2.24, 2.45) is 0 Å². The summed E-state index contributed by atoms with van der Waals surface area (Å²) in [6, 6.07) is 15.7. The highest BCUT2D eigenvalue weighted by atomic mass is 79.9. The zero-order valence-electron chi connectivity index (χ0n) is 15.6. The molecule has 146 valence electrons. The second-order valence-electron chi connectivity index (χ2n) is 6.18. The number of nitrogens with zero attached hydrogens (tertiary/aromatic N) is 1. The minimum absolute atomic E-state index is 0.372. The third kappa shape index (κ3) is 5.71. The van der Waals surface area contributed by atoms with Crippen LogP contribution in [-0.2, 0) is 19.7 Å². The highest BCUT2D eigenvalue weighted by molar-refractivity contribution is 9.10. The molecular weight excluding hydrogens is 440 g/mol. The molecule has 6 heteroatoms. The molecule has 2 aromatic carbocycles. The molecule has 0 amide bonds. The van der Waals surface area contributed by atoms with E-state index in [4.69, 9.17) is 21.1 Å². The smallest absolute Gasteiger partial charge is 0.175 e. The summed E-state index contributed by atoms with van der Waals surface area (Å²) < 4.78 is 12.7. The molecule has 0 fully saturated rings. The van der Waals surface area contributed by atoms with Gasteiger partial charge in [0.05, 0.1) is 11.1 Å². The lowest BCUT2D eigenvalue weighted by atomic mass is 10.2. The number of rotatable bonds is 9. The van der Waals surface area contributed by atoms with Gasteiger partial charge in [-0.3, -0.25) is 4.98 Å². The van der Waals surface area contributed by atoms with Gasteiger partial charge in [-0.15, -0.1) is 0 Å². The Morgan fingerprint density at radius 1 is 1.04 bits per heavy atom. The van der Waals surface area contributed by atoms with E-state index < -0.39 is 0 Å². The van der Waals surface area contributed by atoms with E-state index in [2.05, 4.69) is 26.2 Å². The van der Waals surface area contributed by atoms with Crippen LogP contribution in [-0.4, -0.2) is 11.6 Å². The molecule has 1 N–H and O–H groups in total. The number of ether oxygens (including phenoxy) is 2. The second-order valence-corrected chi connectivity index (χ2v) is 7.44. The van der Waals surface area contributed by atoms with Gasteiger partial charge in [0.15, 0.2) is 11.5 Å². The van der Waals surface area contributed by atoms with E-state index in [0.29, 0.717) is 36.3 Å². The molecule has 0 aliphatic heterocycles. The highest BCUT2D eigenvalue weighted by Gasteiger charge is 2.13. The van der Waals surface area contributed by atoms with Gasteiger partial charge in [0.2, 0.25) is 0 Å². The van der Waals surface area contributed by atoms with Crippen molar-refractivity contribution in [3.63, 3.8) is 0 Å². The van der Waals surface area contributed by atoms with Crippen LogP contribution < -0.4 is 14.8 Å². The molecule has 4 nitrogen and oxygen atoms in total. The fraction of sp³-hybridized carbons (Fsp3) is 0.227. The summed E-state index contributed by atoms with van der Waals surface area (Å²) in [6.45, 7) is 4.34. The van der Waals surface area contributed by atoms with Gasteiger partial charge in [0, 0.05) is 36.1 Å². The van der Waals surface area contributed by atoms with Crippen LogP contribution in [0.2, 0.25) is 5.02 Å². The molecule has 3 aromatic rings. The van der Waals surface area contributed by atoms with Gasteiger partial charge in [-0.2, -0.15) is 0 Å². The Morgan fingerprint density at radius 3 is 2.61 bits per heavy atom. The molecule has 0 aliphatic rings. The van der Waals surface area contributed by atoms with E-state index in [9.17, 15) is 0 Å². The van der Waals surface area contributed by atoms with Crippen LogP contribution in [0.15, 0.2) is 65.4 Å². The van der Waals surface area contributed by atoms with Crippen LogP contribution >= 0.6 is 27.5 Å². The number of hydrogen-bond donors (Lipinski definition) is 1. The predicted octanol–water partition coefficient (Wildman–Crippen LogP) is 5.77. The van der Waals surface area contributed by atoms with Crippen molar-refractivity contribution in [3.8, 4) is 11.5 Å². The lowest BCUT2D eigenvalue weighted by Gasteiger charge is -2.16. The molecule has 0 spiro atoms. The van der Waals surface area contributed by atoms with Crippen molar-refractivity contribution in [3.05, 3.63) is 87.1 Å². The SMILES string of the molecule is CCOc1cc(CNCc2cccnc2)cc(Br)c1OCc1ccccc1Cl. The topological polar surface area (TPSA) is 43.4 Å². The van der Waals surface area contributed by atoms with Crippen molar-refractivity contribution >= 4 is 27.5 Å². The lowest BCUT2D eigenvalue weighted by Crippen LogP contribution is -2.13. The molecule has 0 radical (unpaired) electrons. The van der Waals surface area contributed by atoms with E-state index in [0.717, 1.165) is 27.7 Å². The summed E-state index contributed by atoms with van der Waals surface area (Å²) >= 11 is 9.85. The average molecular weight is 462 g/mol. The molecule has 0 atom stereocenters. The minimum atomic E-state index is 0.372. The monoisotopic (exact) mass is 460 g/mol. The van der Waals surface area contributed by atoms with E-state index in [-0.39, 0.29) is 0 Å². The van der Waals surface area contributed by atoms with E-state index in [1.165, 1.54) is 0 Å². The first-order valence-corrected chi connectivity index (χ1v) is 10.3. The Balaban J connectivity index is 1.69. The zero-order chi connectivity index (χ0) is 19.8. The number of benzene rings is 2. The Morgan fingerprint density at radius 2 is 1.86 bits per heavy atom. The summed E-state index contributed by atoms with van der Waals surface area (Å²) in [7, 11) is 0. The lowest BCUT2D eigenvalue weighted by molar-refractivity contribution is 0.267. The predicted molar refractivity (Wildman–Crippen MR) is 116 cm³/mol. The Kier molecular flexibility index (Phi) is 7.71. The quantitative estimate of drug-likeness (QED) is 0.440. The molecule has 0 saturated carbocycles. The first-order valence-electron chi connectivity index (χ1n) is 9.08. The standard InChI is InChI=1S/C22H22BrClN2O2/c1-2-27-21-11-17(14-26-13-16-6-5-9-25-12-16)10-19(23)22(21)28-15-18-7-3-4-8-20(18)24/h3-12,26H,2,13-15H2,1H3. The van der Waals surface area contributed by atoms with Crippen LogP contribution in [0.4, 0.5) is 0 Å². The van der Waals surface area contributed by atoms with Crippen LogP contribution in [0.1, 0.15) is 23.6 Å². The third-order valence-electron chi connectivity index (χ3n) is 4.08. The second kappa shape index (κ2) is 10.5. The number of halogens is 2. The van der Waals surface area contributed by atoms with Gasteiger partial charge < -0.3 is 14.8 Å². The van der Waals surface area contributed by atoms with Gasteiger partial charge in [-0.25, -0.2) is 0 Å². The summed E-state index contributed by atoms with van der Waals surface area (Å²) in [6.07, 6.45) is 3.64. The van der Waals surface area contributed by atoms with E-state index >= 15 is 0 Å². The molecule has 1 aromatic heterocycles. The Labute approximate surface area is 179 Å². The van der Waals surface area contributed by atoms with Gasteiger partial charge in [-0.05, 0) is 58.2 Å². The average Bonchev–Trinajstić information content (AvgIpc) is 2.70. The fourth-order valence-electron chi connectivity index (χ4n) is 2.75. The molecule has 0 bridgehead atoms. The maximum absolute atomic E-state index is 6.23. The van der Waals surface area contributed by atoms with Crippen LogP contribution in [0.3, 0.4) is 0 Å². The number of nitrogens with one attached hydrogen (secondary N) is 1. The van der Waals surface area contributed by atoms with Crippen LogP contribution in [0, 0.1) is 0 Å². The zero-order valence-corrected chi connectivity index (χ0v) is 18.0. The normalized spacial score (nSPS) is 10.7. The van der Waals surface area contributed by atoms with Crippen LogP contribution in [0.25, 0.3) is 0 Å². The van der Waals surface area contributed by atoms with Crippen molar-refractivity contribution in [1.29, 1.82) is 0 Å². The minimum Gasteiger partial charge on any atom is -0.490 e. The van der Waals surface area contributed by atoms with Gasteiger partial charge in [0.1, 0.15) is 6.61 Å². The van der Waals surface area contributed by atoms with Crippen molar-refractivity contribution in [1.82, 2.24) is 10.3 Å². The first kappa shape index (κ1) is 20.6. The highest BCUT2D eigenvalue weighted by Crippen LogP contribution is 2.37. The summed E-state index contributed by atoms with van der Waals surface area (Å²) in [5, 5.41) is 4.11. The van der Waals surface area contributed by atoms with Crippen LogP contribution in [0.5, 0.6) is 11.5 Å². The number of aromatic nitrogens is 1. The largest absolute Gasteiger partial charge is 0.490 e. The van der Waals surface area contributed by atoms with E-state index in [1.807, 2.05) is 61.7 Å². The number of pyridine rings is 1. The Hall–Kier alpha value is -2.08. The van der Waals surface area contributed by atoms with E-state index in [1.54, 1.807) is 6.20 Å². The van der Waals surface area contributed by atoms with Gasteiger partial charge >= 0.3 is 0 Å². The molecular formula is C22H22BrClN2O2. The maximum atomic E-state index is 6.23. The summed E-state index contributed by atoms with van der Waals surface area (Å²) in [5.41, 5.74) is 3.18. The van der Waals surface area contributed by atoms with Crippen molar-refractivity contribution in [2.45, 2.75) is 26.6 Å². The molecule has 28 heavy (non-hydrogen) atoms. The Bertz CT molecular complexity index is 906. The molecule has 3 rings (SSSR count). The first-order chi connectivity index (χ1) is 13.7. The summed E-state index contributed by atoms with van der Waals surface area (Å²) in [4.78, 5) is 4.13. The maximum Gasteiger partial charge on any atom is 0.175 e. The van der Waals surface area contributed by atoms with Crippen molar-refractivity contribution < 1.29 is 9.47 Å². The number of hydrogen-bond acceptors (Lipinski definition) is 4. The van der Waals surface area contributed by atoms with Gasteiger partial charge in [0.25, 0.3) is 0 Å². The summed E-state index contributed by atoms with van der Waals surface area (Å²) in [5.74, 6) is 1.39. The fourth-order valence-corrected chi connectivity index (χ4v) is 3.54. The molecule has 1 heterocycles.